The van der Waals surface area contributed by atoms with E-state index in [-0.39, 0.29) is 23.8 Å². The standard InChI is InChI=1S/C15H19NO5/c1-10-7-11(2)14(12(8-10)16(18)19)21-15(5-4-6-15)9-13(17)20-3/h7-8H,4-6,9H2,1-3H3. The van der Waals surface area contributed by atoms with E-state index in [1.807, 2.05) is 6.07 Å². The summed E-state index contributed by atoms with van der Waals surface area (Å²) in [6, 6.07) is 3.33. The van der Waals surface area contributed by atoms with Gasteiger partial charge in [0.25, 0.3) is 0 Å². The van der Waals surface area contributed by atoms with Crippen LogP contribution in [0.25, 0.3) is 0 Å². The van der Waals surface area contributed by atoms with Gasteiger partial charge in [-0.05, 0) is 44.2 Å². The number of hydrogen-bond donors (Lipinski definition) is 0. The number of carbonyl (C=O) groups is 1. The van der Waals surface area contributed by atoms with Gasteiger partial charge >= 0.3 is 11.7 Å². The SMILES string of the molecule is COC(=O)CC1(Oc2c(C)cc(C)cc2[N+](=O)[O-])CCC1. The lowest BCUT2D eigenvalue weighted by molar-refractivity contribution is -0.386. The van der Waals surface area contributed by atoms with Gasteiger partial charge in [-0.25, -0.2) is 0 Å². The maximum Gasteiger partial charge on any atom is 0.311 e. The van der Waals surface area contributed by atoms with Crippen LogP contribution in [-0.4, -0.2) is 23.6 Å². The van der Waals surface area contributed by atoms with Gasteiger partial charge < -0.3 is 9.47 Å². The van der Waals surface area contributed by atoms with Crippen molar-refractivity contribution in [3.63, 3.8) is 0 Å². The number of esters is 1. The predicted octanol–water partition coefficient (Wildman–Crippen LogP) is 3.08. The Bertz CT molecular complexity index is 578. The van der Waals surface area contributed by atoms with Crippen LogP contribution in [0, 0.1) is 24.0 Å². The molecule has 1 saturated carbocycles. The summed E-state index contributed by atoms with van der Waals surface area (Å²) in [5.74, 6) is -0.101. The van der Waals surface area contributed by atoms with Crippen LogP contribution in [0.15, 0.2) is 12.1 Å². The third kappa shape index (κ3) is 3.15. The summed E-state index contributed by atoms with van der Waals surface area (Å²) in [6.07, 6.45) is 2.46. The third-order valence-electron chi connectivity index (χ3n) is 3.87. The van der Waals surface area contributed by atoms with E-state index in [1.165, 1.54) is 13.2 Å². The zero-order chi connectivity index (χ0) is 15.6. The monoisotopic (exact) mass is 293 g/mol. The number of ether oxygens (including phenoxy) is 2. The number of methoxy groups -OCH3 is 1. The second kappa shape index (κ2) is 5.71. The lowest BCUT2D eigenvalue weighted by atomic mass is 9.77. The fourth-order valence-electron chi connectivity index (χ4n) is 2.64. The van der Waals surface area contributed by atoms with E-state index < -0.39 is 10.5 Å². The molecule has 2 rings (SSSR count). The van der Waals surface area contributed by atoms with Crippen molar-refractivity contribution < 1.29 is 19.2 Å². The lowest BCUT2D eigenvalue weighted by Crippen LogP contribution is -2.45. The van der Waals surface area contributed by atoms with E-state index in [9.17, 15) is 14.9 Å². The highest BCUT2D eigenvalue weighted by molar-refractivity contribution is 5.71. The quantitative estimate of drug-likeness (QED) is 0.473. The first-order valence-corrected chi connectivity index (χ1v) is 6.88. The molecule has 0 unspecified atom stereocenters. The molecule has 0 amide bonds. The summed E-state index contributed by atoms with van der Waals surface area (Å²) >= 11 is 0. The third-order valence-corrected chi connectivity index (χ3v) is 3.87. The van der Waals surface area contributed by atoms with Crippen molar-refractivity contribution in [2.24, 2.45) is 0 Å². The summed E-state index contributed by atoms with van der Waals surface area (Å²) in [4.78, 5) is 22.3. The first-order chi connectivity index (χ1) is 9.87. The number of hydrogen-bond acceptors (Lipinski definition) is 5. The van der Waals surface area contributed by atoms with Gasteiger partial charge in [-0.1, -0.05) is 6.07 Å². The molecule has 1 aromatic carbocycles. The maximum atomic E-state index is 11.5. The van der Waals surface area contributed by atoms with Crippen LogP contribution in [0.2, 0.25) is 0 Å². The largest absolute Gasteiger partial charge is 0.479 e. The van der Waals surface area contributed by atoms with Crippen LogP contribution in [0.1, 0.15) is 36.8 Å². The van der Waals surface area contributed by atoms with Crippen molar-refractivity contribution in [2.75, 3.05) is 7.11 Å². The average Bonchev–Trinajstić information content (AvgIpc) is 2.37. The molecule has 0 aromatic heterocycles. The van der Waals surface area contributed by atoms with E-state index >= 15 is 0 Å². The Labute approximate surface area is 123 Å². The first kappa shape index (κ1) is 15.3. The molecular formula is C15H19NO5. The summed E-state index contributed by atoms with van der Waals surface area (Å²) in [6.45, 7) is 3.58. The van der Waals surface area contributed by atoms with Gasteiger partial charge in [-0.15, -0.1) is 0 Å². The van der Waals surface area contributed by atoms with E-state index in [0.717, 1.165) is 12.0 Å². The molecule has 0 spiro atoms. The topological polar surface area (TPSA) is 78.7 Å². The van der Waals surface area contributed by atoms with Crippen LogP contribution in [0.4, 0.5) is 5.69 Å². The van der Waals surface area contributed by atoms with Crippen LogP contribution >= 0.6 is 0 Å². The van der Waals surface area contributed by atoms with Gasteiger partial charge in [0.2, 0.25) is 5.75 Å². The molecule has 0 N–H and O–H groups in total. The number of nitro groups is 1. The Morgan fingerprint density at radius 3 is 2.52 bits per heavy atom. The van der Waals surface area contributed by atoms with Crippen LogP contribution in [-0.2, 0) is 9.53 Å². The highest BCUT2D eigenvalue weighted by Gasteiger charge is 2.43. The zero-order valence-corrected chi connectivity index (χ0v) is 12.5. The average molecular weight is 293 g/mol. The van der Waals surface area contributed by atoms with Gasteiger partial charge in [-0.2, -0.15) is 0 Å². The number of carbonyl (C=O) groups excluding carboxylic acids is 1. The molecule has 1 aliphatic carbocycles. The number of aryl methyl sites for hydroxylation is 2. The maximum absolute atomic E-state index is 11.5. The zero-order valence-electron chi connectivity index (χ0n) is 12.5. The summed E-state index contributed by atoms with van der Waals surface area (Å²) in [5, 5.41) is 11.2. The minimum absolute atomic E-state index is 0.0522. The van der Waals surface area contributed by atoms with Crippen LogP contribution < -0.4 is 4.74 Å². The Morgan fingerprint density at radius 1 is 1.38 bits per heavy atom. The second-order valence-corrected chi connectivity index (χ2v) is 5.58. The smallest absolute Gasteiger partial charge is 0.311 e. The number of nitro benzene ring substituents is 1. The minimum Gasteiger partial charge on any atom is -0.479 e. The first-order valence-electron chi connectivity index (χ1n) is 6.88. The molecule has 21 heavy (non-hydrogen) atoms. The van der Waals surface area contributed by atoms with Crippen molar-refractivity contribution >= 4 is 11.7 Å². The second-order valence-electron chi connectivity index (χ2n) is 5.58. The molecular weight excluding hydrogens is 274 g/mol. The highest BCUT2D eigenvalue weighted by atomic mass is 16.6. The molecule has 0 heterocycles. The van der Waals surface area contributed by atoms with E-state index in [4.69, 9.17) is 9.47 Å². The van der Waals surface area contributed by atoms with Gasteiger partial charge in [0, 0.05) is 6.07 Å². The Balaban J connectivity index is 2.33. The van der Waals surface area contributed by atoms with Crippen molar-refractivity contribution in [1.29, 1.82) is 0 Å². The number of benzene rings is 1. The molecule has 114 valence electrons. The molecule has 1 fully saturated rings. The molecule has 0 bridgehead atoms. The van der Waals surface area contributed by atoms with Gasteiger partial charge in [0.05, 0.1) is 18.5 Å². The summed E-state index contributed by atoms with van der Waals surface area (Å²) in [5.41, 5.74) is 0.793. The summed E-state index contributed by atoms with van der Waals surface area (Å²) in [7, 11) is 1.33. The Morgan fingerprint density at radius 2 is 2.05 bits per heavy atom. The van der Waals surface area contributed by atoms with E-state index in [0.29, 0.717) is 18.4 Å². The van der Waals surface area contributed by atoms with Crippen molar-refractivity contribution in [3.8, 4) is 5.75 Å². The normalized spacial score (nSPS) is 16.0. The highest BCUT2D eigenvalue weighted by Crippen LogP contribution is 2.43. The molecule has 0 atom stereocenters. The van der Waals surface area contributed by atoms with Gasteiger partial charge in [-0.3, -0.25) is 14.9 Å². The van der Waals surface area contributed by atoms with Crippen LogP contribution in [0.5, 0.6) is 5.75 Å². The summed E-state index contributed by atoms with van der Waals surface area (Å²) < 4.78 is 10.6. The fourth-order valence-corrected chi connectivity index (χ4v) is 2.64. The van der Waals surface area contributed by atoms with E-state index in [1.54, 1.807) is 13.8 Å². The molecule has 0 saturated heterocycles. The molecule has 1 aliphatic rings. The Kier molecular flexibility index (Phi) is 4.16. The lowest BCUT2D eigenvalue weighted by Gasteiger charge is -2.41. The van der Waals surface area contributed by atoms with Crippen molar-refractivity contribution in [2.45, 2.75) is 45.1 Å². The van der Waals surface area contributed by atoms with Crippen molar-refractivity contribution in [1.82, 2.24) is 0 Å². The molecule has 6 nitrogen and oxygen atoms in total. The van der Waals surface area contributed by atoms with Gasteiger partial charge in [0.15, 0.2) is 0 Å². The van der Waals surface area contributed by atoms with E-state index in [2.05, 4.69) is 0 Å². The minimum atomic E-state index is -0.669. The molecule has 0 radical (unpaired) electrons. The predicted molar refractivity (Wildman–Crippen MR) is 76.4 cm³/mol. The number of rotatable bonds is 5. The Hall–Kier alpha value is -2.11. The molecule has 6 heteroatoms. The molecule has 1 aromatic rings. The van der Waals surface area contributed by atoms with Gasteiger partial charge in [0.1, 0.15) is 5.60 Å². The number of nitrogens with zero attached hydrogens (tertiary/aromatic N) is 1. The fraction of sp³-hybridized carbons (Fsp3) is 0.533. The molecule has 0 aliphatic heterocycles. The van der Waals surface area contributed by atoms with Crippen LogP contribution in [0.3, 0.4) is 0 Å². The van der Waals surface area contributed by atoms with Crippen molar-refractivity contribution in [3.05, 3.63) is 33.4 Å².